The van der Waals surface area contributed by atoms with Crippen LogP contribution in [-0.4, -0.2) is 55.4 Å². The molecule has 0 aliphatic rings. The number of nitrogens with one attached hydrogen (secondary N) is 1. The van der Waals surface area contributed by atoms with Crippen LogP contribution in [0.2, 0.25) is 26.2 Å². The van der Waals surface area contributed by atoms with Crippen LogP contribution in [0.1, 0.15) is 26.7 Å². The Morgan fingerprint density at radius 1 is 0.789 bits per heavy atom. The highest BCUT2D eigenvalue weighted by atomic mass is 28.3. The fourth-order valence-electron chi connectivity index (χ4n) is 2.26. The molecule has 0 spiro atoms. The molecule has 116 valence electrons. The van der Waals surface area contributed by atoms with E-state index in [9.17, 15) is 0 Å². The van der Waals surface area contributed by atoms with Crippen molar-refractivity contribution in [3.05, 3.63) is 0 Å². The maximum atomic E-state index is 5.81. The van der Waals surface area contributed by atoms with Crippen LogP contribution in [0.3, 0.4) is 0 Å². The van der Waals surface area contributed by atoms with Gasteiger partial charge in [0.1, 0.15) is 0 Å². The Bertz CT molecular complexity index is 184. The van der Waals surface area contributed by atoms with Gasteiger partial charge < -0.3 is 14.8 Å². The minimum Gasteiger partial charge on any atom is -0.382 e. The van der Waals surface area contributed by atoms with Crippen molar-refractivity contribution in [1.29, 1.82) is 0 Å². The second-order valence-corrected chi connectivity index (χ2v) is 12.3. The zero-order chi connectivity index (χ0) is 14.7. The molecule has 0 aromatic rings. The topological polar surface area (TPSA) is 30.5 Å². The zero-order valence-electron chi connectivity index (χ0n) is 13.9. The van der Waals surface area contributed by atoms with Crippen molar-refractivity contribution >= 4 is 17.6 Å². The van der Waals surface area contributed by atoms with Crippen LogP contribution in [0.25, 0.3) is 0 Å². The second kappa shape index (κ2) is 12.1. The number of ether oxygens (including phenoxy) is 2. The van der Waals surface area contributed by atoms with Gasteiger partial charge in [-0.2, -0.15) is 0 Å². The Morgan fingerprint density at radius 2 is 1.16 bits per heavy atom. The summed E-state index contributed by atoms with van der Waals surface area (Å²) >= 11 is 0. The van der Waals surface area contributed by atoms with Crippen LogP contribution in [0.4, 0.5) is 0 Å². The minimum absolute atomic E-state index is 0.527. The first-order valence-electron chi connectivity index (χ1n) is 7.96. The molecule has 0 aromatic heterocycles. The van der Waals surface area contributed by atoms with Crippen molar-refractivity contribution in [3.8, 4) is 0 Å². The van der Waals surface area contributed by atoms with Gasteiger partial charge in [-0.25, -0.2) is 0 Å². The molecule has 0 amide bonds. The third kappa shape index (κ3) is 9.79. The number of hydrogen-bond donors (Lipinski definition) is 1. The molecule has 0 rings (SSSR count). The maximum absolute atomic E-state index is 5.81. The standard InChI is InChI=1S/C14H35NO2Si2/c1-7-16-13(18(3)4)9-11-15-12-10-14(17-8-2)19(5)6/h13-15,18-19H,7-12H2,1-6H3. The Hall–Kier alpha value is 0.314. The SMILES string of the molecule is CCOC(CCNCCC(OCC)[SiH](C)C)[SiH](C)C. The summed E-state index contributed by atoms with van der Waals surface area (Å²) in [5.74, 6) is 0. The van der Waals surface area contributed by atoms with E-state index in [4.69, 9.17) is 9.47 Å². The van der Waals surface area contributed by atoms with E-state index in [1.54, 1.807) is 0 Å². The van der Waals surface area contributed by atoms with E-state index in [2.05, 4.69) is 45.4 Å². The summed E-state index contributed by atoms with van der Waals surface area (Å²) in [4.78, 5) is 0. The second-order valence-electron chi connectivity index (χ2n) is 5.80. The normalized spacial score (nSPS) is 15.2. The molecule has 0 saturated carbocycles. The molecule has 0 radical (unpaired) electrons. The molecule has 0 heterocycles. The van der Waals surface area contributed by atoms with Gasteiger partial charge >= 0.3 is 0 Å². The first kappa shape index (κ1) is 19.3. The number of rotatable bonds is 12. The molecule has 1 N–H and O–H groups in total. The minimum atomic E-state index is -0.682. The highest BCUT2D eigenvalue weighted by Gasteiger charge is 2.15. The first-order chi connectivity index (χ1) is 9.02. The average Bonchev–Trinajstić information content (AvgIpc) is 2.35. The maximum Gasteiger partial charge on any atom is 0.0656 e. The van der Waals surface area contributed by atoms with Gasteiger partial charge in [0.15, 0.2) is 0 Å². The molecule has 0 aromatic carbocycles. The van der Waals surface area contributed by atoms with Crippen LogP contribution in [0, 0.1) is 0 Å². The van der Waals surface area contributed by atoms with Crippen molar-refractivity contribution < 1.29 is 9.47 Å². The fourth-order valence-corrected chi connectivity index (χ4v) is 5.08. The van der Waals surface area contributed by atoms with Crippen molar-refractivity contribution in [1.82, 2.24) is 5.32 Å². The molecule has 2 atom stereocenters. The highest BCUT2D eigenvalue weighted by molar-refractivity contribution is 6.57. The lowest BCUT2D eigenvalue weighted by Crippen LogP contribution is -2.35. The lowest BCUT2D eigenvalue weighted by molar-refractivity contribution is 0.103. The van der Waals surface area contributed by atoms with E-state index in [1.165, 1.54) is 0 Å². The van der Waals surface area contributed by atoms with Gasteiger partial charge in [-0.1, -0.05) is 26.2 Å². The monoisotopic (exact) mass is 305 g/mol. The summed E-state index contributed by atoms with van der Waals surface area (Å²) in [5, 5.41) is 3.56. The fraction of sp³-hybridized carbons (Fsp3) is 1.00. The highest BCUT2D eigenvalue weighted by Crippen LogP contribution is 2.05. The van der Waals surface area contributed by atoms with Crippen LogP contribution >= 0.6 is 0 Å². The lowest BCUT2D eigenvalue weighted by Gasteiger charge is -2.22. The Kier molecular flexibility index (Phi) is 12.3. The molecule has 5 heteroatoms. The van der Waals surface area contributed by atoms with Crippen LogP contribution in [0.15, 0.2) is 0 Å². The van der Waals surface area contributed by atoms with E-state index in [-0.39, 0.29) is 0 Å². The predicted molar refractivity (Wildman–Crippen MR) is 90.7 cm³/mol. The molecule has 0 fully saturated rings. The van der Waals surface area contributed by atoms with E-state index in [0.717, 1.165) is 39.1 Å². The lowest BCUT2D eigenvalue weighted by atomic mass is 10.4. The van der Waals surface area contributed by atoms with Gasteiger partial charge in [-0.3, -0.25) is 0 Å². The van der Waals surface area contributed by atoms with E-state index in [1.807, 2.05) is 0 Å². The third-order valence-corrected chi connectivity index (χ3v) is 7.49. The summed E-state index contributed by atoms with van der Waals surface area (Å²) in [6, 6.07) is 0. The molecule has 19 heavy (non-hydrogen) atoms. The van der Waals surface area contributed by atoms with Gasteiger partial charge in [-0.05, 0) is 39.8 Å². The van der Waals surface area contributed by atoms with Crippen molar-refractivity contribution in [3.63, 3.8) is 0 Å². The first-order valence-corrected chi connectivity index (χ1v) is 13.9. The molecule has 0 aliphatic carbocycles. The smallest absolute Gasteiger partial charge is 0.0656 e. The molecule has 0 bridgehead atoms. The molecule has 2 unspecified atom stereocenters. The zero-order valence-corrected chi connectivity index (χ0v) is 16.2. The molecular formula is C14H35NO2Si2. The molecule has 0 aliphatic heterocycles. The molecule has 3 nitrogen and oxygen atoms in total. The summed E-state index contributed by atoms with van der Waals surface area (Å²) in [5.41, 5.74) is 1.05. The molecular weight excluding hydrogens is 270 g/mol. The van der Waals surface area contributed by atoms with E-state index in [0.29, 0.717) is 11.5 Å². The van der Waals surface area contributed by atoms with Gasteiger partial charge in [0.2, 0.25) is 0 Å². The third-order valence-electron chi connectivity index (χ3n) is 3.46. The van der Waals surface area contributed by atoms with Crippen LogP contribution < -0.4 is 5.32 Å². The van der Waals surface area contributed by atoms with E-state index < -0.39 is 17.6 Å². The van der Waals surface area contributed by atoms with Crippen molar-refractivity contribution in [2.45, 2.75) is 64.3 Å². The van der Waals surface area contributed by atoms with E-state index >= 15 is 0 Å². The van der Waals surface area contributed by atoms with Crippen LogP contribution in [0.5, 0.6) is 0 Å². The largest absolute Gasteiger partial charge is 0.382 e. The Morgan fingerprint density at radius 3 is 1.42 bits per heavy atom. The van der Waals surface area contributed by atoms with Gasteiger partial charge in [0, 0.05) is 24.7 Å². The summed E-state index contributed by atoms with van der Waals surface area (Å²) < 4.78 is 11.6. The van der Waals surface area contributed by atoms with Crippen LogP contribution in [-0.2, 0) is 9.47 Å². The summed E-state index contributed by atoms with van der Waals surface area (Å²) in [6.45, 7) is 17.5. The molecule has 0 saturated heterocycles. The Balaban J connectivity index is 3.72. The quantitative estimate of drug-likeness (QED) is 0.443. The van der Waals surface area contributed by atoms with Gasteiger partial charge in [-0.15, -0.1) is 0 Å². The van der Waals surface area contributed by atoms with Crippen molar-refractivity contribution in [2.24, 2.45) is 0 Å². The summed E-state index contributed by atoms with van der Waals surface area (Å²) in [7, 11) is -1.36. The predicted octanol–water partition coefficient (Wildman–Crippen LogP) is 2.22. The average molecular weight is 306 g/mol. The summed E-state index contributed by atoms with van der Waals surface area (Å²) in [6.07, 6.45) is 2.33. The van der Waals surface area contributed by atoms with Gasteiger partial charge in [0.05, 0.1) is 17.6 Å². The van der Waals surface area contributed by atoms with Gasteiger partial charge in [0.25, 0.3) is 0 Å². The Labute approximate surface area is 123 Å². The van der Waals surface area contributed by atoms with Crippen molar-refractivity contribution in [2.75, 3.05) is 26.3 Å². The number of hydrogen-bond acceptors (Lipinski definition) is 3.